The molecule has 20 heavy (non-hydrogen) atoms. The lowest BCUT2D eigenvalue weighted by Gasteiger charge is -2.44. The lowest BCUT2D eigenvalue weighted by Crippen LogP contribution is -2.48. The molecular formula is C18H34N2. The SMILES string of the molecule is CC1CCCC(CN)(CN2CCCC2C2CCCC2)C1. The highest BCUT2D eigenvalue weighted by molar-refractivity contribution is 4.94. The summed E-state index contributed by atoms with van der Waals surface area (Å²) in [6, 6.07) is 0.901. The monoisotopic (exact) mass is 278 g/mol. The lowest BCUT2D eigenvalue weighted by atomic mass is 9.69. The van der Waals surface area contributed by atoms with Gasteiger partial charge >= 0.3 is 0 Å². The molecule has 2 aliphatic carbocycles. The first-order valence-corrected chi connectivity index (χ1v) is 9.17. The van der Waals surface area contributed by atoms with Crippen molar-refractivity contribution in [3.63, 3.8) is 0 Å². The molecule has 0 amide bonds. The van der Waals surface area contributed by atoms with E-state index in [2.05, 4.69) is 11.8 Å². The molecule has 3 unspecified atom stereocenters. The molecule has 0 bridgehead atoms. The predicted octanol–water partition coefficient (Wildman–Crippen LogP) is 3.80. The molecule has 3 atom stereocenters. The third-order valence-electron chi connectivity index (χ3n) is 6.52. The first-order valence-electron chi connectivity index (χ1n) is 9.17. The second-order valence-electron chi connectivity index (χ2n) is 8.13. The minimum Gasteiger partial charge on any atom is -0.330 e. The van der Waals surface area contributed by atoms with Crippen LogP contribution in [0, 0.1) is 17.3 Å². The van der Waals surface area contributed by atoms with Gasteiger partial charge in [0.15, 0.2) is 0 Å². The van der Waals surface area contributed by atoms with Crippen molar-refractivity contribution in [2.24, 2.45) is 23.0 Å². The summed E-state index contributed by atoms with van der Waals surface area (Å²) in [7, 11) is 0. The molecule has 1 aliphatic heterocycles. The Morgan fingerprint density at radius 3 is 2.55 bits per heavy atom. The van der Waals surface area contributed by atoms with Crippen LogP contribution in [-0.2, 0) is 0 Å². The lowest BCUT2D eigenvalue weighted by molar-refractivity contribution is 0.0674. The van der Waals surface area contributed by atoms with Crippen LogP contribution >= 0.6 is 0 Å². The van der Waals surface area contributed by atoms with Crippen molar-refractivity contribution in [1.82, 2.24) is 4.90 Å². The maximum Gasteiger partial charge on any atom is 0.0124 e. The molecule has 0 aromatic rings. The van der Waals surface area contributed by atoms with Gasteiger partial charge in [0, 0.05) is 12.6 Å². The van der Waals surface area contributed by atoms with Gasteiger partial charge in [0.05, 0.1) is 0 Å². The van der Waals surface area contributed by atoms with Gasteiger partial charge in [-0.25, -0.2) is 0 Å². The quantitative estimate of drug-likeness (QED) is 0.847. The Morgan fingerprint density at radius 1 is 1.05 bits per heavy atom. The Morgan fingerprint density at radius 2 is 1.85 bits per heavy atom. The average Bonchev–Trinajstić information content (AvgIpc) is 3.09. The Hall–Kier alpha value is -0.0800. The zero-order chi connectivity index (χ0) is 14.0. The van der Waals surface area contributed by atoms with Gasteiger partial charge in [0.1, 0.15) is 0 Å². The van der Waals surface area contributed by atoms with Crippen LogP contribution < -0.4 is 5.73 Å². The van der Waals surface area contributed by atoms with Gasteiger partial charge in [0.25, 0.3) is 0 Å². The molecule has 2 nitrogen and oxygen atoms in total. The summed E-state index contributed by atoms with van der Waals surface area (Å²) in [5.74, 6) is 1.90. The fourth-order valence-electron chi connectivity index (χ4n) is 5.52. The van der Waals surface area contributed by atoms with Crippen molar-refractivity contribution in [3.8, 4) is 0 Å². The first kappa shape index (κ1) is 14.8. The maximum atomic E-state index is 6.25. The third-order valence-corrected chi connectivity index (χ3v) is 6.52. The first-order chi connectivity index (χ1) is 9.72. The smallest absolute Gasteiger partial charge is 0.0124 e. The predicted molar refractivity (Wildman–Crippen MR) is 85.7 cm³/mol. The summed E-state index contributed by atoms with van der Waals surface area (Å²) in [5.41, 5.74) is 6.69. The number of nitrogens with two attached hydrogens (primary N) is 1. The molecule has 0 aromatic heterocycles. The Bertz CT molecular complexity index is 311. The molecule has 3 rings (SSSR count). The normalized spacial score (nSPS) is 40.5. The summed E-state index contributed by atoms with van der Waals surface area (Å²) in [6.07, 6.45) is 14.4. The standard InChI is InChI=1S/C18H34N2/c1-15-6-4-10-18(12-15,13-19)14-20-11-5-9-17(20)16-7-2-3-8-16/h15-17H,2-14,19H2,1H3. The highest BCUT2D eigenvalue weighted by Crippen LogP contribution is 2.42. The third kappa shape index (κ3) is 3.06. The number of likely N-dealkylation sites (tertiary alicyclic amines) is 1. The zero-order valence-corrected chi connectivity index (χ0v) is 13.4. The van der Waals surface area contributed by atoms with Crippen molar-refractivity contribution in [2.45, 2.75) is 77.2 Å². The molecule has 116 valence electrons. The molecule has 0 radical (unpaired) electrons. The van der Waals surface area contributed by atoms with Crippen molar-refractivity contribution in [3.05, 3.63) is 0 Å². The van der Waals surface area contributed by atoms with Gasteiger partial charge in [-0.3, -0.25) is 4.90 Å². The minimum absolute atomic E-state index is 0.443. The molecular weight excluding hydrogens is 244 g/mol. The van der Waals surface area contributed by atoms with Crippen LogP contribution in [0.25, 0.3) is 0 Å². The number of hydrogen-bond acceptors (Lipinski definition) is 2. The fourth-order valence-corrected chi connectivity index (χ4v) is 5.52. The Balaban J connectivity index is 1.65. The molecule has 3 aliphatic rings. The summed E-state index contributed by atoms with van der Waals surface area (Å²) in [4.78, 5) is 2.86. The molecule has 1 heterocycles. The highest BCUT2D eigenvalue weighted by Gasteiger charge is 2.40. The van der Waals surface area contributed by atoms with E-state index in [0.717, 1.165) is 24.4 Å². The van der Waals surface area contributed by atoms with E-state index in [1.165, 1.54) is 77.3 Å². The van der Waals surface area contributed by atoms with Crippen LogP contribution in [0.4, 0.5) is 0 Å². The van der Waals surface area contributed by atoms with E-state index in [0.29, 0.717) is 5.41 Å². The van der Waals surface area contributed by atoms with Crippen molar-refractivity contribution in [1.29, 1.82) is 0 Å². The van der Waals surface area contributed by atoms with Gasteiger partial charge in [-0.1, -0.05) is 32.6 Å². The van der Waals surface area contributed by atoms with Crippen LogP contribution in [0.3, 0.4) is 0 Å². The average molecular weight is 278 g/mol. The fraction of sp³-hybridized carbons (Fsp3) is 1.00. The van der Waals surface area contributed by atoms with Crippen molar-refractivity contribution >= 4 is 0 Å². The van der Waals surface area contributed by atoms with Crippen LogP contribution in [0.15, 0.2) is 0 Å². The Labute approximate surface area is 125 Å². The number of hydrogen-bond donors (Lipinski definition) is 1. The van der Waals surface area contributed by atoms with Gasteiger partial charge in [-0.2, -0.15) is 0 Å². The van der Waals surface area contributed by atoms with Crippen molar-refractivity contribution in [2.75, 3.05) is 19.6 Å². The summed E-state index contributed by atoms with van der Waals surface area (Å²) in [5, 5.41) is 0. The van der Waals surface area contributed by atoms with E-state index in [-0.39, 0.29) is 0 Å². The van der Waals surface area contributed by atoms with E-state index >= 15 is 0 Å². The summed E-state index contributed by atoms with van der Waals surface area (Å²) < 4.78 is 0. The van der Waals surface area contributed by atoms with Crippen LogP contribution in [0.2, 0.25) is 0 Å². The topological polar surface area (TPSA) is 29.3 Å². The van der Waals surface area contributed by atoms with Gasteiger partial charge < -0.3 is 5.73 Å². The van der Waals surface area contributed by atoms with Crippen LogP contribution in [0.1, 0.15) is 71.1 Å². The van der Waals surface area contributed by atoms with E-state index in [1.54, 1.807) is 0 Å². The minimum atomic E-state index is 0.443. The molecule has 2 heteroatoms. The molecule has 1 saturated heterocycles. The van der Waals surface area contributed by atoms with E-state index in [9.17, 15) is 0 Å². The second kappa shape index (κ2) is 6.36. The maximum absolute atomic E-state index is 6.25. The van der Waals surface area contributed by atoms with Crippen molar-refractivity contribution < 1.29 is 0 Å². The molecule has 0 spiro atoms. The largest absolute Gasteiger partial charge is 0.330 e. The second-order valence-corrected chi connectivity index (χ2v) is 8.13. The summed E-state index contributed by atoms with van der Waals surface area (Å²) >= 11 is 0. The molecule has 2 saturated carbocycles. The zero-order valence-electron chi connectivity index (χ0n) is 13.4. The number of nitrogens with zero attached hydrogens (tertiary/aromatic N) is 1. The Kier molecular flexibility index (Phi) is 4.72. The number of rotatable bonds is 4. The molecule has 0 aromatic carbocycles. The molecule has 2 N–H and O–H groups in total. The summed E-state index contributed by atoms with van der Waals surface area (Å²) in [6.45, 7) is 5.99. The van der Waals surface area contributed by atoms with E-state index < -0.39 is 0 Å². The van der Waals surface area contributed by atoms with E-state index in [1.807, 2.05) is 0 Å². The molecule has 3 fully saturated rings. The highest BCUT2D eigenvalue weighted by atomic mass is 15.2. The van der Waals surface area contributed by atoms with Gasteiger partial charge in [-0.15, -0.1) is 0 Å². The van der Waals surface area contributed by atoms with Gasteiger partial charge in [0.2, 0.25) is 0 Å². The van der Waals surface area contributed by atoms with Crippen LogP contribution in [-0.4, -0.2) is 30.6 Å². The van der Waals surface area contributed by atoms with Crippen LogP contribution in [0.5, 0.6) is 0 Å². The van der Waals surface area contributed by atoms with Gasteiger partial charge in [-0.05, 0) is 68.9 Å². The van der Waals surface area contributed by atoms with E-state index in [4.69, 9.17) is 5.73 Å².